The number of allylic oxidation sites excluding steroid dienone is 2. The summed E-state index contributed by atoms with van der Waals surface area (Å²) in [7, 11) is 0. The lowest BCUT2D eigenvalue weighted by atomic mass is 9.63. The predicted octanol–water partition coefficient (Wildman–Crippen LogP) is 4.31. The number of halogens is 1. The van der Waals surface area contributed by atoms with Crippen molar-refractivity contribution in [3.63, 3.8) is 0 Å². The van der Waals surface area contributed by atoms with Crippen LogP contribution in [0.5, 0.6) is 0 Å². The standard InChI is InChI=1S/C26H23ClN2O3/c1-14-7-8-16(11-21(14)27)28(24(30)15-5-3-2-4-6-15)13-29-25(31)22-17-9-10-18(20-12-19(17)20)23(22)26(29)32/h2-11,17-20,22-23H,12-13H2,1H3/t17-,18-,19-,20+,22+,23+/m1/s1. The third kappa shape index (κ3) is 2.80. The quantitative estimate of drug-likeness (QED) is 0.519. The normalized spacial score (nSPS) is 31.5. The highest BCUT2D eigenvalue weighted by Crippen LogP contribution is 2.65. The van der Waals surface area contributed by atoms with Crippen LogP contribution < -0.4 is 4.90 Å². The SMILES string of the molecule is Cc1ccc(N(CN2C(=O)[C@H]3[C@@H]4C=C[C@H]([C@@H]5C[C@H]45)[C@@H]3C2=O)C(=O)c2ccccc2)cc1Cl. The Balaban J connectivity index is 1.35. The Morgan fingerprint density at radius 2 is 1.62 bits per heavy atom. The van der Waals surface area contributed by atoms with Crippen molar-refractivity contribution in [1.82, 2.24) is 4.90 Å². The number of carbonyl (C=O) groups is 3. The zero-order chi connectivity index (χ0) is 22.1. The van der Waals surface area contributed by atoms with Crippen molar-refractivity contribution in [3.8, 4) is 0 Å². The lowest BCUT2D eigenvalue weighted by molar-refractivity contribution is -0.140. The van der Waals surface area contributed by atoms with Crippen molar-refractivity contribution in [3.05, 3.63) is 76.8 Å². The number of hydrogen-bond donors (Lipinski definition) is 0. The molecule has 5 nitrogen and oxygen atoms in total. The topological polar surface area (TPSA) is 57.7 Å². The summed E-state index contributed by atoms with van der Waals surface area (Å²) in [6.07, 6.45) is 5.43. The van der Waals surface area contributed by atoms with Crippen molar-refractivity contribution in [2.45, 2.75) is 13.3 Å². The summed E-state index contributed by atoms with van der Waals surface area (Å²) in [5, 5.41) is 0.531. The molecule has 3 fully saturated rings. The summed E-state index contributed by atoms with van der Waals surface area (Å²) in [4.78, 5) is 43.2. The molecule has 7 rings (SSSR count). The fourth-order valence-electron chi connectivity index (χ4n) is 6.05. The highest BCUT2D eigenvalue weighted by molar-refractivity contribution is 6.31. The molecule has 1 aliphatic heterocycles. The molecule has 0 radical (unpaired) electrons. The van der Waals surface area contributed by atoms with Crippen molar-refractivity contribution in [2.24, 2.45) is 35.5 Å². The molecule has 3 amide bonds. The number of aryl methyl sites for hydroxylation is 1. The first-order valence-electron chi connectivity index (χ1n) is 11.1. The Morgan fingerprint density at radius 1 is 1.00 bits per heavy atom. The van der Waals surface area contributed by atoms with E-state index in [1.165, 1.54) is 9.80 Å². The number of nitrogens with zero attached hydrogens (tertiary/aromatic N) is 2. The lowest BCUT2D eigenvalue weighted by Gasteiger charge is -2.37. The molecule has 0 unspecified atom stereocenters. The second-order valence-electron chi connectivity index (χ2n) is 9.43. The number of imide groups is 1. The summed E-state index contributed by atoms with van der Waals surface area (Å²) < 4.78 is 0. The Morgan fingerprint density at radius 3 is 2.22 bits per heavy atom. The van der Waals surface area contributed by atoms with Crippen LogP contribution in [0, 0.1) is 42.4 Å². The van der Waals surface area contributed by atoms with Crippen LogP contribution in [0.1, 0.15) is 22.3 Å². The van der Waals surface area contributed by atoms with Crippen molar-refractivity contribution in [1.29, 1.82) is 0 Å². The van der Waals surface area contributed by atoms with Gasteiger partial charge in [-0.3, -0.25) is 24.2 Å². The van der Waals surface area contributed by atoms with Crippen LogP contribution in [0.25, 0.3) is 0 Å². The Labute approximate surface area is 191 Å². The maximum Gasteiger partial charge on any atom is 0.259 e. The molecular formula is C26H23ClN2O3. The molecule has 162 valence electrons. The van der Waals surface area contributed by atoms with Gasteiger partial charge >= 0.3 is 0 Å². The number of hydrogen-bond acceptors (Lipinski definition) is 3. The first-order chi connectivity index (χ1) is 15.5. The molecule has 6 heteroatoms. The van der Waals surface area contributed by atoms with Gasteiger partial charge in [-0.25, -0.2) is 0 Å². The van der Waals surface area contributed by atoms with E-state index in [1.807, 2.05) is 19.1 Å². The molecule has 6 atom stereocenters. The maximum atomic E-state index is 13.5. The van der Waals surface area contributed by atoms with Crippen LogP contribution in [-0.4, -0.2) is 29.3 Å². The number of carbonyl (C=O) groups excluding carboxylic acids is 3. The Bertz CT molecular complexity index is 1140. The number of anilines is 1. The fourth-order valence-corrected chi connectivity index (χ4v) is 6.22. The molecule has 0 N–H and O–H groups in total. The second-order valence-corrected chi connectivity index (χ2v) is 9.84. The van der Waals surface area contributed by atoms with Crippen molar-refractivity contribution in [2.75, 3.05) is 11.6 Å². The summed E-state index contributed by atoms with van der Waals surface area (Å²) in [5.41, 5.74) is 1.95. The van der Waals surface area contributed by atoms with E-state index in [0.717, 1.165) is 12.0 Å². The molecule has 2 aromatic carbocycles. The van der Waals surface area contributed by atoms with Crippen LogP contribution >= 0.6 is 11.6 Å². The van der Waals surface area contributed by atoms with Gasteiger partial charge in [-0.15, -0.1) is 0 Å². The van der Waals surface area contributed by atoms with Gasteiger partial charge in [0.25, 0.3) is 5.91 Å². The monoisotopic (exact) mass is 446 g/mol. The van der Waals surface area contributed by atoms with Gasteiger partial charge in [0.05, 0.1) is 11.8 Å². The molecule has 1 heterocycles. The summed E-state index contributed by atoms with van der Waals surface area (Å²) >= 11 is 6.36. The molecule has 2 aromatic rings. The van der Waals surface area contributed by atoms with Gasteiger partial charge in [0.1, 0.15) is 6.67 Å². The molecule has 2 saturated carbocycles. The molecule has 32 heavy (non-hydrogen) atoms. The molecule has 0 spiro atoms. The average molecular weight is 447 g/mol. The first-order valence-corrected chi connectivity index (χ1v) is 11.5. The van der Waals surface area contributed by atoms with Crippen molar-refractivity contribution >= 4 is 35.0 Å². The van der Waals surface area contributed by atoms with Crippen LogP contribution in [0.15, 0.2) is 60.7 Å². The third-order valence-electron chi connectivity index (χ3n) is 7.77. The number of amides is 3. The van der Waals surface area contributed by atoms with E-state index >= 15 is 0 Å². The van der Waals surface area contributed by atoms with E-state index in [9.17, 15) is 14.4 Å². The minimum Gasteiger partial charge on any atom is -0.289 e. The van der Waals surface area contributed by atoms with Gasteiger partial charge in [-0.05, 0) is 66.8 Å². The Kier molecular flexibility index (Phi) is 4.34. The van der Waals surface area contributed by atoms with Crippen LogP contribution in [0.4, 0.5) is 5.69 Å². The fraction of sp³-hybridized carbons (Fsp3) is 0.346. The largest absolute Gasteiger partial charge is 0.289 e. The van der Waals surface area contributed by atoms with E-state index < -0.39 is 0 Å². The highest BCUT2D eigenvalue weighted by Gasteiger charge is 2.67. The van der Waals surface area contributed by atoms with Crippen LogP contribution in [0.3, 0.4) is 0 Å². The van der Waals surface area contributed by atoms with E-state index in [0.29, 0.717) is 28.1 Å². The zero-order valence-corrected chi connectivity index (χ0v) is 18.4. The van der Waals surface area contributed by atoms with Crippen LogP contribution in [0.2, 0.25) is 5.02 Å². The van der Waals surface area contributed by atoms with E-state index in [4.69, 9.17) is 11.6 Å². The molecule has 0 aromatic heterocycles. The van der Waals surface area contributed by atoms with Crippen molar-refractivity contribution < 1.29 is 14.4 Å². The molecule has 4 aliphatic carbocycles. The van der Waals surface area contributed by atoms with Gasteiger partial charge < -0.3 is 0 Å². The summed E-state index contributed by atoms with van der Waals surface area (Å²) in [5.74, 6) is 0.273. The minimum absolute atomic E-state index is 0.105. The van der Waals surface area contributed by atoms with Gasteiger partial charge in [0.2, 0.25) is 11.8 Å². The van der Waals surface area contributed by atoms with Gasteiger partial charge in [-0.1, -0.05) is 48.0 Å². The number of benzene rings is 2. The molecular weight excluding hydrogens is 424 g/mol. The number of likely N-dealkylation sites (tertiary alicyclic amines) is 1. The average Bonchev–Trinajstić information content (AvgIpc) is 3.59. The van der Waals surface area contributed by atoms with Gasteiger partial charge in [0.15, 0.2) is 0 Å². The first kappa shape index (κ1) is 19.7. The summed E-state index contributed by atoms with van der Waals surface area (Å²) in [6, 6.07) is 14.3. The summed E-state index contributed by atoms with van der Waals surface area (Å²) in [6.45, 7) is 1.79. The zero-order valence-electron chi connectivity index (χ0n) is 17.6. The van der Waals surface area contributed by atoms with Gasteiger partial charge in [0, 0.05) is 16.3 Å². The minimum atomic E-state index is -0.281. The predicted molar refractivity (Wildman–Crippen MR) is 121 cm³/mol. The lowest BCUT2D eigenvalue weighted by Crippen LogP contribution is -2.45. The molecule has 2 bridgehead atoms. The second kappa shape index (κ2) is 7.04. The third-order valence-corrected chi connectivity index (χ3v) is 8.18. The van der Waals surface area contributed by atoms with Crippen LogP contribution in [-0.2, 0) is 9.59 Å². The molecule has 1 saturated heterocycles. The van der Waals surface area contributed by atoms with Gasteiger partial charge in [-0.2, -0.15) is 0 Å². The smallest absolute Gasteiger partial charge is 0.259 e. The maximum absolute atomic E-state index is 13.5. The van der Waals surface area contributed by atoms with E-state index in [1.54, 1.807) is 36.4 Å². The molecule has 5 aliphatic rings. The highest BCUT2D eigenvalue weighted by atomic mass is 35.5. The van der Waals surface area contributed by atoms with E-state index in [-0.39, 0.29) is 48.1 Å². The van der Waals surface area contributed by atoms with E-state index in [2.05, 4.69) is 12.2 Å². The number of rotatable bonds is 4. The Hall–Kier alpha value is -2.92.